The van der Waals surface area contributed by atoms with E-state index >= 15 is 0 Å². The summed E-state index contributed by atoms with van der Waals surface area (Å²) in [7, 11) is 0. The molecule has 0 bridgehead atoms. The molecule has 2 unspecified atom stereocenters. The van der Waals surface area contributed by atoms with Crippen molar-refractivity contribution in [1.82, 2.24) is 10.1 Å². The van der Waals surface area contributed by atoms with Gasteiger partial charge >= 0.3 is 0 Å². The molecule has 1 aliphatic carbocycles. The van der Waals surface area contributed by atoms with Crippen molar-refractivity contribution in [1.29, 1.82) is 0 Å². The highest BCUT2D eigenvalue weighted by molar-refractivity contribution is 5.59. The Hall–Kier alpha value is -1.75. The molecular formula is C14H15FN2O2. The first-order valence-corrected chi connectivity index (χ1v) is 6.43. The van der Waals surface area contributed by atoms with Gasteiger partial charge < -0.3 is 9.63 Å². The van der Waals surface area contributed by atoms with Gasteiger partial charge in [-0.1, -0.05) is 5.16 Å². The van der Waals surface area contributed by atoms with Gasteiger partial charge in [0.25, 0.3) is 0 Å². The molecule has 2 atom stereocenters. The average Bonchev–Trinajstić information content (AvgIpc) is 2.97. The highest BCUT2D eigenvalue weighted by Gasteiger charge is 2.31. The second-order valence-electron chi connectivity index (χ2n) is 5.02. The van der Waals surface area contributed by atoms with Crippen molar-refractivity contribution in [2.75, 3.05) is 0 Å². The zero-order valence-electron chi connectivity index (χ0n) is 10.6. The Bertz CT molecular complexity index is 597. The van der Waals surface area contributed by atoms with Crippen LogP contribution in [0.2, 0.25) is 0 Å². The van der Waals surface area contributed by atoms with Gasteiger partial charge in [0.1, 0.15) is 5.82 Å². The summed E-state index contributed by atoms with van der Waals surface area (Å²) in [5.74, 6) is 0.577. The summed E-state index contributed by atoms with van der Waals surface area (Å²) in [5.41, 5.74) is 1.52. The number of aliphatic hydroxyl groups excluding tert-OH is 1. The number of nitrogens with zero attached hydrogens (tertiary/aromatic N) is 2. The van der Waals surface area contributed by atoms with Gasteiger partial charge in [0.15, 0.2) is 0 Å². The van der Waals surface area contributed by atoms with Crippen LogP contribution in [0, 0.1) is 12.7 Å². The van der Waals surface area contributed by atoms with Crippen molar-refractivity contribution in [3.8, 4) is 11.4 Å². The summed E-state index contributed by atoms with van der Waals surface area (Å²) < 4.78 is 18.3. The minimum Gasteiger partial charge on any atom is -0.392 e. The molecule has 19 heavy (non-hydrogen) atoms. The summed E-state index contributed by atoms with van der Waals surface area (Å²) >= 11 is 0. The average molecular weight is 262 g/mol. The van der Waals surface area contributed by atoms with E-state index in [-0.39, 0.29) is 11.7 Å². The van der Waals surface area contributed by atoms with Crippen LogP contribution in [0.4, 0.5) is 4.39 Å². The van der Waals surface area contributed by atoms with Gasteiger partial charge in [-0.3, -0.25) is 0 Å². The van der Waals surface area contributed by atoms with E-state index in [2.05, 4.69) is 10.1 Å². The lowest BCUT2D eigenvalue weighted by Gasteiger charge is -2.07. The number of aryl methyl sites for hydroxylation is 1. The number of hydrogen-bond acceptors (Lipinski definition) is 4. The van der Waals surface area contributed by atoms with Crippen LogP contribution in [0.5, 0.6) is 0 Å². The van der Waals surface area contributed by atoms with Gasteiger partial charge in [0, 0.05) is 5.56 Å². The van der Waals surface area contributed by atoms with Gasteiger partial charge in [0.05, 0.1) is 12.0 Å². The number of aromatic nitrogens is 2. The molecule has 0 aliphatic heterocycles. The molecule has 0 amide bonds. The summed E-state index contributed by atoms with van der Waals surface area (Å²) in [4.78, 5) is 4.34. The highest BCUT2D eigenvalue weighted by atomic mass is 19.1. The maximum atomic E-state index is 13.1. The predicted octanol–water partition coefficient (Wildman–Crippen LogP) is 2.81. The first-order chi connectivity index (χ1) is 9.15. The van der Waals surface area contributed by atoms with E-state index in [0.717, 1.165) is 30.4 Å². The van der Waals surface area contributed by atoms with E-state index in [9.17, 15) is 9.50 Å². The third-order valence-electron chi connectivity index (χ3n) is 3.67. The maximum Gasteiger partial charge on any atom is 0.232 e. The van der Waals surface area contributed by atoms with E-state index in [1.54, 1.807) is 13.0 Å². The molecule has 0 radical (unpaired) electrons. The van der Waals surface area contributed by atoms with Crippen LogP contribution in [-0.4, -0.2) is 21.4 Å². The standard InChI is InChI=1S/C14H15FN2O2/c1-8-7-9(15)5-6-10(8)13-16-14(19-17-13)11-3-2-4-12(11)18/h5-7,11-12,18H,2-4H2,1H3. The molecule has 1 fully saturated rings. The van der Waals surface area contributed by atoms with Crippen LogP contribution >= 0.6 is 0 Å². The summed E-state index contributed by atoms with van der Waals surface area (Å²) in [6, 6.07) is 4.46. The van der Waals surface area contributed by atoms with Gasteiger partial charge in [0.2, 0.25) is 11.7 Å². The quantitative estimate of drug-likeness (QED) is 0.904. The summed E-state index contributed by atoms with van der Waals surface area (Å²) in [6.07, 6.45) is 2.21. The summed E-state index contributed by atoms with van der Waals surface area (Å²) in [5, 5.41) is 13.8. The molecule has 4 nitrogen and oxygen atoms in total. The van der Waals surface area contributed by atoms with Crippen LogP contribution in [0.3, 0.4) is 0 Å². The predicted molar refractivity (Wildman–Crippen MR) is 67.0 cm³/mol. The topological polar surface area (TPSA) is 59.2 Å². The minimum absolute atomic E-state index is 0.0676. The SMILES string of the molecule is Cc1cc(F)ccc1-c1noc(C2CCCC2O)n1. The highest BCUT2D eigenvalue weighted by Crippen LogP contribution is 2.34. The monoisotopic (exact) mass is 262 g/mol. The molecule has 5 heteroatoms. The lowest BCUT2D eigenvalue weighted by Crippen LogP contribution is -2.11. The van der Waals surface area contributed by atoms with Gasteiger partial charge in [-0.2, -0.15) is 4.98 Å². The molecule has 1 heterocycles. The molecule has 3 rings (SSSR count). The molecule has 1 aromatic carbocycles. The first-order valence-electron chi connectivity index (χ1n) is 6.43. The van der Waals surface area contributed by atoms with E-state index < -0.39 is 6.10 Å². The molecule has 1 aliphatic rings. The number of halogens is 1. The van der Waals surface area contributed by atoms with Gasteiger partial charge in [-0.05, 0) is 49.9 Å². The van der Waals surface area contributed by atoms with Crippen molar-refractivity contribution >= 4 is 0 Å². The van der Waals surface area contributed by atoms with Crippen LogP contribution < -0.4 is 0 Å². The number of benzene rings is 1. The van der Waals surface area contributed by atoms with Crippen molar-refractivity contribution in [3.63, 3.8) is 0 Å². The smallest absolute Gasteiger partial charge is 0.232 e. The molecule has 100 valence electrons. The van der Waals surface area contributed by atoms with Crippen molar-refractivity contribution in [2.24, 2.45) is 0 Å². The number of aliphatic hydroxyl groups is 1. The maximum absolute atomic E-state index is 13.1. The minimum atomic E-state index is -0.400. The number of hydrogen-bond donors (Lipinski definition) is 1. The Morgan fingerprint density at radius 1 is 1.37 bits per heavy atom. The van der Waals surface area contributed by atoms with Crippen LogP contribution in [0.25, 0.3) is 11.4 Å². The molecule has 1 aromatic heterocycles. The summed E-state index contributed by atoms with van der Waals surface area (Å²) in [6.45, 7) is 1.80. The molecule has 0 spiro atoms. The Morgan fingerprint density at radius 3 is 2.89 bits per heavy atom. The lowest BCUT2D eigenvalue weighted by molar-refractivity contribution is 0.148. The fourth-order valence-corrected chi connectivity index (χ4v) is 2.60. The van der Waals surface area contributed by atoms with Gasteiger partial charge in [-0.25, -0.2) is 4.39 Å². The Morgan fingerprint density at radius 2 is 2.21 bits per heavy atom. The fourth-order valence-electron chi connectivity index (χ4n) is 2.60. The third kappa shape index (κ3) is 2.26. The van der Waals surface area contributed by atoms with E-state index in [4.69, 9.17) is 4.52 Å². The fraction of sp³-hybridized carbons (Fsp3) is 0.429. The Balaban J connectivity index is 1.92. The normalized spacial score (nSPS) is 22.9. The Labute approximate surface area is 110 Å². The van der Waals surface area contributed by atoms with Crippen molar-refractivity contribution < 1.29 is 14.0 Å². The molecular weight excluding hydrogens is 247 g/mol. The zero-order chi connectivity index (χ0) is 13.4. The van der Waals surface area contributed by atoms with Crippen LogP contribution in [0.1, 0.15) is 36.6 Å². The van der Waals surface area contributed by atoms with Crippen molar-refractivity contribution in [3.05, 3.63) is 35.5 Å². The third-order valence-corrected chi connectivity index (χ3v) is 3.67. The molecule has 1 N–H and O–H groups in total. The van der Waals surface area contributed by atoms with Crippen LogP contribution in [-0.2, 0) is 0 Å². The second kappa shape index (κ2) is 4.74. The van der Waals surface area contributed by atoms with Crippen LogP contribution in [0.15, 0.2) is 22.7 Å². The number of rotatable bonds is 2. The molecule has 1 saturated carbocycles. The van der Waals surface area contributed by atoms with E-state index in [0.29, 0.717) is 11.7 Å². The second-order valence-corrected chi connectivity index (χ2v) is 5.02. The Kier molecular flexibility index (Phi) is 3.06. The zero-order valence-corrected chi connectivity index (χ0v) is 10.6. The van der Waals surface area contributed by atoms with E-state index in [1.165, 1.54) is 12.1 Å². The molecule has 0 saturated heterocycles. The molecule has 2 aromatic rings. The van der Waals surface area contributed by atoms with Crippen molar-refractivity contribution in [2.45, 2.75) is 38.2 Å². The van der Waals surface area contributed by atoms with E-state index in [1.807, 2.05) is 0 Å². The largest absolute Gasteiger partial charge is 0.392 e. The lowest BCUT2D eigenvalue weighted by atomic mass is 10.1. The first kappa shape index (κ1) is 12.3. The van der Waals surface area contributed by atoms with Gasteiger partial charge in [-0.15, -0.1) is 0 Å².